The molecule has 2 N–H and O–H groups in total. The first-order valence-electron chi connectivity index (χ1n) is 5.89. The van der Waals surface area contributed by atoms with Crippen molar-refractivity contribution in [2.24, 2.45) is 5.73 Å². The summed E-state index contributed by atoms with van der Waals surface area (Å²) >= 11 is 0. The molecule has 1 aromatic rings. The predicted octanol–water partition coefficient (Wildman–Crippen LogP) is 3.24. The Bertz CT molecular complexity index is 452. The van der Waals surface area contributed by atoms with Gasteiger partial charge in [-0.2, -0.15) is 18.4 Å². The quantitative estimate of drug-likeness (QED) is 0.809. The summed E-state index contributed by atoms with van der Waals surface area (Å²) in [7, 11) is 0. The molecule has 0 amide bonds. The molecule has 3 nitrogen and oxygen atoms in total. The third kappa shape index (κ3) is 4.79. The fraction of sp³-hybridized carbons (Fsp3) is 0.462. The highest BCUT2D eigenvalue weighted by Crippen LogP contribution is 2.36. The van der Waals surface area contributed by atoms with E-state index in [-0.39, 0.29) is 18.9 Å². The summed E-state index contributed by atoms with van der Waals surface area (Å²) in [5, 5.41) is 8.34. The lowest BCUT2D eigenvalue weighted by molar-refractivity contribution is -0.139. The molecule has 0 unspecified atom stereocenters. The van der Waals surface area contributed by atoms with Crippen molar-refractivity contribution in [2.75, 3.05) is 6.61 Å². The minimum Gasteiger partial charge on any atom is -0.493 e. The van der Waals surface area contributed by atoms with E-state index in [1.165, 1.54) is 12.1 Å². The van der Waals surface area contributed by atoms with Crippen molar-refractivity contribution in [1.29, 1.82) is 5.26 Å². The molecule has 1 rings (SSSR count). The number of rotatable bonds is 6. The molecule has 0 fully saturated rings. The molecule has 0 aliphatic heterocycles. The second-order valence-corrected chi connectivity index (χ2v) is 4.00. The van der Waals surface area contributed by atoms with Crippen LogP contribution >= 0.6 is 0 Å². The number of nitrogens with zero attached hydrogens (tertiary/aromatic N) is 1. The highest BCUT2D eigenvalue weighted by molar-refractivity contribution is 5.39. The Labute approximate surface area is 109 Å². The molecule has 0 aliphatic rings. The van der Waals surface area contributed by atoms with Crippen LogP contribution in [0.4, 0.5) is 13.2 Å². The Kier molecular flexibility index (Phi) is 5.64. The first-order valence-corrected chi connectivity index (χ1v) is 5.89. The second-order valence-electron chi connectivity index (χ2n) is 4.00. The van der Waals surface area contributed by atoms with Crippen LogP contribution in [0.25, 0.3) is 0 Å². The molecule has 104 valence electrons. The van der Waals surface area contributed by atoms with Crippen molar-refractivity contribution in [1.82, 2.24) is 0 Å². The second kappa shape index (κ2) is 7.00. The van der Waals surface area contributed by atoms with Crippen molar-refractivity contribution in [3.8, 4) is 11.8 Å². The number of unbranched alkanes of at least 4 members (excludes halogenated alkanes) is 2. The summed E-state index contributed by atoms with van der Waals surface area (Å²) in [4.78, 5) is 0. The van der Waals surface area contributed by atoms with E-state index < -0.39 is 11.7 Å². The van der Waals surface area contributed by atoms with Gasteiger partial charge in [-0.3, -0.25) is 0 Å². The molecule has 6 heteroatoms. The maximum atomic E-state index is 12.8. The molecule has 0 saturated heterocycles. The number of benzene rings is 1. The van der Waals surface area contributed by atoms with Gasteiger partial charge in [0.05, 0.1) is 18.2 Å². The monoisotopic (exact) mass is 272 g/mol. The number of nitriles is 1. The van der Waals surface area contributed by atoms with Gasteiger partial charge in [0, 0.05) is 13.0 Å². The Morgan fingerprint density at radius 2 is 2.00 bits per heavy atom. The maximum absolute atomic E-state index is 12.8. The van der Waals surface area contributed by atoms with Gasteiger partial charge < -0.3 is 10.5 Å². The van der Waals surface area contributed by atoms with Crippen LogP contribution in [0.15, 0.2) is 18.2 Å². The zero-order chi connectivity index (χ0) is 14.3. The molecule has 0 aliphatic carbocycles. The van der Waals surface area contributed by atoms with Crippen LogP contribution in [0.5, 0.6) is 5.75 Å². The predicted molar refractivity (Wildman–Crippen MR) is 64.3 cm³/mol. The van der Waals surface area contributed by atoms with Gasteiger partial charge in [-0.25, -0.2) is 0 Å². The Morgan fingerprint density at radius 3 is 2.58 bits per heavy atom. The average Bonchev–Trinajstić information content (AvgIpc) is 2.37. The summed E-state index contributed by atoms with van der Waals surface area (Å²) < 4.78 is 43.6. The summed E-state index contributed by atoms with van der Waals surface area (Å²) in [6.45, 7) is 0.207. The van der Waals surface area contributed by atoms with Crippen LogP contribution in [-0.4, -0.2) is 6.61 Å². The minimum atomic E-state index is -4.47. The SMILES string of the molecule is N#CCCCCOc1ccc(CN)cc1C(F)(F)F. The lowest BCUT2D eigenvalue weighted by Gasteiger charge is -2.15. The molecule has 0 radical (unpaired) electrons. The van der Waals surface area contributed by atoms with Crippen molar-refractivity contribution < 1.29 is 17.9 Å². The van der Waals surface area contributed by atoms with Crippen LogP contribution in [0.2, 0.25) is 0 Å². The van der Waals surface area contributed by atoms with E-state index >= 15 is 0 Å². The molecule has 19 heavy (non-hydrogen) atoms. The maximum Gasteiger partial charge on any atom is 0.419 e. The summed E-state index contributed by atoms with van der Waals surface area (Å²) in [5.41, 5.74) is 4.93. The number of alkyl halides is 3. The standard InChI is InChI=1S/C13H15F3N2O/c14-13(15,16)11-8-10(9-18)4-5-12(11)19-7-3-1-2-6-17/h4-5,8H,1-3,7,9,18H2. The van der Waals surface area contributed by atoms with E-state index in [4.69, 9.17) is 15.7 Å². The zero-order valence-corrected chi connectivity index (χ0v) is 10.3. The number of ether oxygens (including phenoxy) is 1. The van der Waals surface area contributed by atoms with Gasteiger partial charge in [0.15, 0.2) is 0 Å². The molecule has 1 aromatic carbocycles. The van der Waals surface area contributed by atoms with E-state index in [1.807, 2.05) is 6.07 Å². The van der Waals surface area contributed by atoms with Crippen LogP contribution in [0.3, 0.4) is 0 Å². The number of nitrogens with two attached hydrogens (primary N) is 1. The fourth-order valence-corrected chi connectivity index (χ4v) is 1.54. The van der Waals surface area contributed by atoms with Crippen molar-refractivity contribution in [3.05, 3.63) is 29.3 Å². The largest absolute Gasteiger partial charge is 0.493 e. The average molecular weight is 272 g/mol. The fourth-order valence-electron chi connectivity index (χ4n) is 1.54. The van der Waals surface area contributed by atoms with Gasteiger partial charge in [-0.1, -0.05) is 6.07 Å². The van der Waals surface area contributed by atoms with Crippen LogP contribution in [0, 0.1) is 11.3 Å². The van der Waals surface area contributed by atoms with Crippen molar-refractivity contribution in [2.45, 2.75) is 32.0 Å². The molecule has 0 aromatic heterocycles. The van der Waals surface area contributed by atoms with E-state index in [0.717, 1.165) is 6.07 Å². The molecule has 0 saturated carbocycles. The van der Waals surface area contributed by atoms with E-state index in [2.05, 4.69) is 0 Å². The minimum absolute atomic E-state index is 0.0472. The molecular weight excluding hydrogens is 257 g/mol. The molecule has 0 atom stereocenters. The first-order chi connectivity index (χ1) is 8.99. The molecule has 0 bridgehead atoms. The molecular formula is C13H15F3N2O. The van der Waals surface area contributed by atoms with Gasteiger partial charge in [0.2, 0.25) is 0 Å². The summed E-state index contributed by atoms with van der Waals surface area (Å²) in [6.07, 6.45) is -2.93. The van der Waals surface area contributed by atoms with Gasteiger partial charge in [0.1, 0.15) is 5.75 Å². The Balaban J connectivity index is 2.74. The molecule has 0 heterocycles. The van der Waals surface area contributed by atoms with Gasteiger partial charge in [0.25, 0.3) is 0 Å². The van der Waals surface area contributed by atoms with Crippen LogP contribution in [-0.2, 0) is 12.7 Å². The van der Waals surface area contributed by atoms with E-state index in [1.54, 1.807) is 0 Å². The number of hydrogen-bond donors (Lipinski definition) is 1. The van der Waals surface area contributed by atoms with Crippen molar-refractivity contribution in [3.63, 3.8) is 0 Å². The Hall–Kier alpha value is -1.74. The highest BCUT2D eigenvalue weighted by atomic mass is 19.4. The zero-order valence-electron chi connectivity index (χ0n) is 10.3. The van der Waals surface area contributed by atoms with E-state index in [9.17, 15) is 13.2 Å². The topological polar surface area (TPSA) is 59.0 Å². The third-order valence-electron chi connectivity index (χ3n) is 2.53. The smallest absolute Gasteiger partial charge is 0.419 e. The summed E-state index contributed by atoms with van der Waals surface area (Å²) in [5.74, 6) is -0.193. The van der Waals surface area contributed by atoms with Gasteiger partial charge >= 0.3 is 6.18 Å². The van der Waals surface area contributed by atoms with E-state index in [0.29, 0.717) is 24.8 Å². The summed E-state index contributed by atoms with van der Waals surface area (Å²) in [6, 6.07) is 5.77. The first kappa shape index (κ1) is 15.3. The van der Waals surface area contributed by atoms with Crippen molar-refractivity contribution >= 4 is 0 Å². The van der Waals surface area contributed by atoms with Gasteiger partial charge in [-0.15, -0.1) is 0 Å². The van der Waals surface area contributed by atoms with Crippen LogP contribution in [0.1, 0.15) is 30.4 Å². The van der Waals surface area contributed by atoms with Gasteiger partial charge in [-0.05, 0) is 30.5 Å². The van der Waals surface area contributed by atoms with Crippen LogP contribution < -0.4 is 10.5 Å². The molecule has 0 spiro atoms. The lowest BCUT2D eigenvalue weighted by atomic mass is 10.1. The normalized spacial score (nSPS) is 11.1. The highest BCUT2D eigenvalue weighted by Gasteiger charge is 2.34. The third-order valence-corrected chi connectivity index (χ3v) is 2.53. The number of halogens is 3. The lowest BCUT2D eigenvalue weighted by Crippen LogP contribution is -2.11. The Morgan fingerprint density at radius 1 is 1.26 bits per heavy atom. The number of hydrogen-bond acceptors (Lipinski definition) is 3.